The molecule has 1 heterocycles. The second-order valence-electron chi connectivity index (χ2n) is 7.87. The van der Waals surface area contributed by atoms with Gasteiger partial charge in [0.15, 0.2) is 0 Å². The highest BCUT2D eigenvalue weighted by Gasteiger charge is 2.34. The van der Waals surface area contributed by atoms with Crippen LogP contribution in [0.1, 0.15) is 40.5 Å². The number of benzene rings is 1. The fourth-order valence-electron chi connectivity index (χ4n) is 2.92. The van der Waals surface area contributed by atoms with E-state index in [4.69, 9.17) is 11.6 Å². The number of carbonyl (C=O) groups is 3. The average molecular weight is 394 g/mol. The fraction of sp³-hybridized carbons (Fsp3) is 0.550. The zero-order valence-electron chi connectivity index (χ0n) is 16.5. The van der Waals surface area contributed by atoms with E-state index >= 15 is 0 Å². The summed E-state index contributed by atoms with van der Waals surface area (Å²) in [5.74, 6) is -0.434. The topological polar surface area (TPSA) is 60.9 Å². The molecule has 0 radical (unpaired) electrons. The number of amides is 3. The van der Waals surface area contributed by atoms with Gasteiger partial charge in [-0.25, -0.2) is 0 Å². The van der Waals surface area contributed by atoms with Crippen molar-refractivity contribution in [1.29, 1.82) is 0 Å². The molecular weight excluding hydrogens is 366 g/mol. The number of carbonyl (C=O) groups excluding carboxylic acids is 3. The van der Waals surface area contributed by atoms with E-state index in [9.17, 15) is 14.4 Å². The third-order valence-corrected chi connectivity index (χ3v) is 4.68. The van der Waals surface area contributed by atoms with Crippen molar-refractivity contribution in [3.63, 3.8) is 0 Å². The van der Waals surface area contributed by atoms with Gasteiger partial charge in [-0.05, 0) is 24.6 Å². The third kappa shape index (κ3) is 5.45. The first-order chi connectivity index (χ1) is 12.6. The lowest BCUT2D eigenvalue weighted by Crippen LogP contribution is -2.46. The Hall–Kier alpha value is -2.08. The van der Waals surface area contributed by atoms with Crippen LogP contribution >= 0.6 is 11.6 Å². The molecule has 1 aromatic rings. The summed E-state index contributed by atoms with van der Waals surface area (Å²) in [4.78, 5) is 42.4. The van der Waals surface area contributed by atoms with Crippen LogP contribution in [0.25, 0.3) is 0 Å². The number of anilines is 1. The molecule has 0 aliphatic carbocycles. The maximum Gasteiger partial charge on any atom is 0.248 e. The van der Waals surface area contributed by atoms with Gasteiger partial charge >= 0.3 is 0 Å². The first kappa shape index (κ1) is 21.2. The molecule has 7 heteroatoms. The summed E-state index contributed by atoms with van der Waals surface area (Å²) < 4.78 is 0. The predicted molar refractivity (Wildman–Crippen MR) is 106 cm³/mol. The second kappa shape index (κ2) is 8.74. The van der Waals surface area contributed by atoms with Gasteiger partial charge in [-0.3, -0.25) is 19.3 Å². The van der Waals surface area contributed by atoms with Crippen molar-refractivity contribution < 1.29 is 14.4 Å². The van der Waals surface area contributed by atoms with Crippen LogP contribution in [0.5, 0.6) is 0 Å². The normalized spacial score (nSPS) is 14.6. The van der Waals surface area contributed by atoms with Gasteiger partial charge in [0, 0.05) is 22.7 Å². The maximum atomic E-state index is 12.8. The molecule has 1 saturated heterocycles. The van der Waals surface area contributed by atoms with Crippen LogP contribution in [0.4, 0.5) is 5.69 Å². The standard InChI is InChI=1S/C20H28ClN3O3/c1-5-6-10-22(19(27)20(2,3)4)12-17(25)23-13-18(26)24(14-23)16-9-7-8-15(21)11-16/h7-9,11H,5-6,10,12-14H2,1-4H3. The molecule has 1 fully saturated rings. The number of hydrogen-bond acceptors (Lipinski definition) is 3. The quantitative estimate of drug-likeness (QED) is 0.745. The summed E-state index contributed by atoms with van der Waals surface area (Å²) in [5.41, 5.74) is 0.109. The molecule has 0 saturated carbocycles. The first-order valence-electron chi connectivity index (χ1n) is 9.26. The zero-order chi connectivity index (χ0) is 20.2. The van der Waals surface area contributed by atoms with E-state index in [-0.39, 0.29) is 37.5 Å². The highest BCUT2D eigenvalue weighted by molar-refractivity contribution is 6.31. The molecule has 3 amide bonds. The Labute approximate surface area is 166 Å². The molecule has 148 valence electrons. The maximum absolute atomic E-state index is 12.8. The number of hydrogen-bond donors (Lipinski definition) is 0. The van der Waals surface area contributed by atoms with Gasteiger partial charge in [0.1, 0.15) is 13.2 Å². The minimum Gasteiger partial charge on any atom is -0.333 e. The molecule has 6 nitrogen and oxygen atoms in total. The minimum atomic E-state index is -0.554. The number of nitrogens with zero attached hydrogens (tertiary/aromatic N) is 3. The number of halogens is 1. The highest BCUT2D eigenvalue weighted by Crippen LogP contribution is 2.23. The molecule has 1 aromatic carbocycles. The van der Waals surface area contributed by atoms with E-state index in [0.717, 1.165) is 12.8 Å². The van der Waals surface area contributed by atoms with Crippen molar-refractivity contribution >= 4 is 35.0 Å². The Morgan fingerprint density at radius 1 is 1.26 bits per heavy atom. The summed E-state index contributed by atoms with van der Waals surface area (Å²) >= 11 is 6.00. The Morgan fingerprint density at radius 2 is 1.96 bits per heavy atom. The first-order valence-corrected chi connectivity index (χ1v) is 9.64. The molecule has 0 aromatic heterocycles. The van der Waals surface area contributed by atoms with Gasteiger partial charge < -0.3 is 9.80 Å². The highest BCUT2D eigenvalue weighted by atomic mass is 35.5. The Kier molecular flexibility index (Phi) is 6.87. The largest absolute Gasteiger partial charge is 0.333 e. The molecule has 1 aliphatic heterocycles. The molecule has 0 bridgehead atoms. The molecule has 1 aliphatic rings. The second-order valence-corrected chi connectivity index (χ2v) is 8.30. The van der Waals surface area contributed by atoms with Crippen LogP contribution in [0.3, 0.4) is 0 Å². The van der Waals surface area contributed by atoms with E-state index in [1.54, 1.807) is 29.2 Å². The van der Waals surface area contributed by atoms with Crippen LogP contribution in [-0.4, -0.2) is 53.8 Å². The zero-order valence-corrected chi connectivity index (χ0v) is 17.3. The van der Waals surface area contributed by atoms with Gasteiger partial charge in [-0.2, -0.15) is 0 Å². The summed E-state index contributed by atoms with van der Waals surface area (Å²) in [6.45, 7) is 8.30. The molecular formula is C20H28ClN3O3. The van der Waals surface area contributed by atoms with Crippen molar-refractivity contribution in [2.75, 3.05) is 31.2 Å². The lowest BCUT2D eigenvalue weighted by atomic mass is 9.94. The molecule has 0 N–H and O–H groups in total. The van der Waals surface area contributed by atoms with E-state index in [0.29, 0.717) is 17.3 Å². The predicted octanol–water partition coefficient (Wildman–Crippen LogP) is 3.15. The van der Waals surface area contributed by atoms with Crippen molar-refractivity contribution in [1.82, 2.24) is 9.80 Å². The molecule has 0 spiro atoms. The smallest absolute Gasteiger partial charge is 0.248 e. The summed E-state index contributed by atoms with van der Waals surface area (Å²) in [6.07, 6.45) is 1.77. The van der Waals surface area contributed by atoms with Crippen molar-refractivity contribution in [2.45, 2.75) is 40.5 Å². The average Bonchev–Trinajstić information content (AvgIpc) is 2.99. The number of unbranched alkanes of at least 4 members (excludes halogenated alkanes) is 1. The van der Waals surface area contributed by atoms with Gasteiger partial charge in [0.05, 0.1) is 6.54 Å². The molecule has 0 unspecified atom stereocenters. The van der Waals surface area contributed by atoms with Gasteiger partial charge in [0.25, 0.3) is 0 Å². The van der Waals surface area contributed by atoms with E-state index in [1.165, 1.54) is 9.80 Å². The monoisotopic (exact) mass is 393 g/mol. The minimum absolute atomic E-state index is 0.00717. The van der Waals surface area contributed by atoms with Crippen LogP contribution < -0.4 is 4.90 Å². The van der Waals surface area contributed by atoms with Crippen molar-refractivity contribution in [3.8, 4) is 0 Å². The van der Waals surface area contributed by atoms with Gasteiger partial charge in [-0.1, -0.05) is 51.8 Å². The molecule has 27 heavy (non-hydrogen) atoms. The third-order valence-electron chi connectivity index (χ3n) is 4.45. The van der Waals surface area contributed by atoms with Crippen LogP contribution in [0, 0.1) is 5.41 Å². The van der Waals surface area contributed by atoms with Crippen LogP contribution in [-0.2, 0) is 14.4 Å². The van der Waals surface area contributed by atoms with Gasteiger partial charge in [0.2, 0.25) is 17.7 Å². The van der Waals surface area contributed by atoms with E-state index in [2.05, 4.69) is 0 Å². The van der Waals surface area contributed by atoms with Crippen LogP contribution in [0.15, 0.2) is 24.3 Å². The molecule has 2 rings (SSSR count). The lowest BCUT2D eigenvalue weighted by molar-refractivity contribution is -0.145. The Bertz CT molecular complexity index is 715. The lowest BCUT2D eigenvalue weighted by Gasteiger charge is -2.30. The summed E-state index contributed by atoms with van der Waals surface area (Å²) in [7, 11) is 0. The van der Waals surface area contributed by atoms with E-state index < -0.39 is 5.41 Å². The van der Waals surface area contributed by atoms with Crippen molar-refractivity contribution in [2.24, 2.45) is 5.41 Å². The summed E-state index contributed by atoms with van der Waals surface area (Å²) in [5, 5.41) is 0.534. The fourth-order valence-corrected chi connectivity index (χ4v) is 3.11. The van der Waals surface area contributed by atoms with Crippen molar-refractivity contribution in [3.05, 3.63) is 29.3 Å². The Balaban J connectivity index is 2.07. The number of rotatable bonds is 6. The van der Waals surface area contributed by atoms with E-state index in [1.807, 2.05) is 27.7 Å². The van der Waals surface area contributed by atoms with Crippen LogP contribution in [0.2, 0.25) is 5.02 Å². The SMILES string of the molecule is CCCCN(CC(=O)N1CC(=O)N(c2cccc(Cl)c2)C1)C(=O)C(C)(C)C. The van der Waals surface area contributed by atoms with Gasteiger partial charge in [-0.15, -0.1) is 0 Å². The Morgan fingerprint density at radius 3 is 2.56 bits per heavy atom. The summed E-state index contributed by atoms with van der Waals surface area (Å²) in [6, 6.07) is 6.99. The molecule has 0 atom stereocenters.